The minimum atomic E-state index is -0.318. The van der Waals surface area contributed by atoms with Crippen LogP contribution in [0.5, 0.6) is 0 Å². The van der Waals surface area contributed by atoms with Crippen LogP contribution in [0.15, 0.2) is 46.5 Å². The van der Waals surface area contributed by atoms with Crippen molar-refractivity contribution >= 4 is 44.4 Å². The van der Waals surface area contributed by atoms with Crippen molar-refractivity contribution in [3.8, 4) is 0 Å². The number of hydrogen-bond acceptors (Lipinski definition) is 7. The fourth-order valence-corrected chi connectivity index (χ4v) is 4.67. The number of thiazole rings is 1. The predicted molar refractivity (Wildman–Crippen MR) is 131 cm³/mol. The molecule has 168 valence electrons. The molecular formula is C22H26BrN7OS. The average molecular weight is 516 g/mol. The molecule has 1 aliphatic heterocycles. The summed E-state index contributed by atoms with van der Waals surface area (Å²) < 4.78 is 1.04. The van der Waals surface area contributed by atoms with E-state index in [1.54, 1.807) is 12.4 Å². The van der Waals surface area contributed by atoms with Crippen LogP contribution in [0.4, 0.5) is 15.9 Å². The van der Waals surface area contributed by atoms with Crippen molar-refractivity contribution in [3.63, 3.8) is 0 Å². The molecule has 8 nitrogen and oxygen atoms in total. The highest BCUT2D eigenvalue weighted by atomic mass is 79.9. The Morgan fingerprint density at radius 3 is 2.66 bits per heavy atom. The van der Waals surface area contributed by atoms with Gasteiger partial charge in [0.05, 0.1) is 5.69 Å². The smallest absolute Gasteiger partial charge is 0.321 e. The van der Waals surface area contributed by atoms with Crippen LogP contribution in [0.25, 0.3) is 0 Å². The fourth-order valence-electron chi connectivity index (χ4n) is 3.53. The van der Waals surface area contributed by atoms with Gasteiger partial charge >= 0.3 is 6.03 Å². The number of halogens is 1. The maximum atomic E-state index is 12.3. The molecule has 0 bridgehead atoms. The summed E-state index contributed by atoms with van der Waals surface area (Å²) >= 11 is 4.88. The molecule has 10 heteroatoms. The Bertz CT molecular complexity index is 1070. The molecule has 4 rings (SSSR count). The normalized spacial score (nSPS) is 16.2. The zero-order valence-electron chi connectivity index (χ0n) is 18.0. The lowest BCUT2D eigenvalue weighted by Gasteiger charge is -2.23. The Morgan fingerprint density at radius 2 is 2.00 bits per heavy atom. The third-order valence-corrected chi connectivity index (χ3v) is 6.87. The molecule has 3 heterocycles. The van der Waals surface area contributed by atoms with Gasteiger partial charge in [-0.3, -0.25) is 5.32 Å². The molecule has 1 aromatic carbocycles. The second kappa shape index (κ2) is 9.51. The Balaban J connectivity index is 1.31. The van der Waals surface area contributed by atoms with Crippen molar-refractivity contribution in [3.05, 3.63) is 63.3 Å². The van der Waals surface area contributed by atoms with Crippen LogP contribution in [0.2, 0.25) is 0 Å². The van der Waals surface area contributed by atoms with Crippen molar-refractivity contribution < 1.29 is 4.79 Å². The van der Waals surface area contributed by atoms with Crippen molar-refractivity contribution in [2.75, 3.05) is 23.3 Å². The van der Waals surface area contributed by atoms with Crippen LogP contribution in [0.1, 0.15) is 37.1 Å². The first-order chi connectivity index (χ1) is 15.3. The van der Waals surface area contributed by atoms with E-state index in [9.17, 15) is 4.79 Å². The van der Waals surface area contributed by atoms with Gasteiger partial charge in [0.25, 0.3) is 0 Å². The number of amides is 2. The highest BCUT2D eigenvalue weighted by Gasteiger charge is 2.26. The molecule has 1 aliphatic rings. The van der Waals surface area contributed by atoms with E-state index in [1.807, 2.05) is 17.5 Å². The second-order valence-corrected chi connectivity index (χ2v) is 10.1. The first-order valence-electron chi connectivity index (χ1n) is 10.4. The van der Waals surface area contributed by atoms with Crippen LogP contribution >= 0.6 is 27.3 Å². The third-order valence-electron chi connectivity index (χ3n) is 5.58. The Morgan fingerprint density at radius 1 is 1.28 bits per heavy atom. The number of rotatable bonds is 6. The molecule has 1 atom stereocenters. The van der Waals surface area contributed by atoms with E-state index >= 15 is 0 Å². The number of hydrogen-bond donors (Lipinski definition) is 3. The lowest BCUT2D eigenvalue weighted by Crippen LogP contribution is -2.29. The molecular weight excluding hydrogens is 490 g/mol. The molecule has 3 aromatic rings. The van der Waals surface area contributed by atoms with Gasteiger partial charge in [-0.05, 0) is 24.1 Å². The number of benzene rings is 1. The molecule has 0 radical (unpaired) electrons. The summed E-state index contributed by atoms with van der Waals surface area (Å²) in [6, 6.07) is 8.06. The summed E-state index contributed by atoms with van der Waals surface area (Å²) in [5, 5.41) is 8.18. The monoisotopic (exact) mass is 515 g/mol. The van der Waals surface area contributed by atoms with Gasteiger partial charge < -0.3 is 16.0 Å². The van der Waals surface area contributed by atoms with E-state index in [4.69, 9.17) is 5.73 Å². The first-order valence-corrected chi connectivity index (χ1v) is 12.1. The summed E-state index contributed by atoms with van der Waals surface area (Å²) in [5.41, 5.74) is 8.55. The molecule has 1 saturated heterocycles. The van der Waals surface area contributed by atoms with Crippen LogP contribution < -0.4 is 21.3 Å². The van der Waals surface area contributed by atoms with Gasteiger partial charge in [-0.1, -0.05) is 41.9 Å². The molecule has 0 spiro atoms. The summed E-state index contributed by atoms with van der Waals surface area (Å²) in [4.78, 5) is 27.8. The second-order valence-electron chi connectivity index (χ2n) is 8.36. The molecule has 1 fully saturated rings. The summed E-state index contributed by atoms with van der Waals surface area (Å²) in [5.74, 6) is 0.676. The highest BCUT2D eigenvalue weighted by Crippen LogP contribution is 2.34. The van der Waals surface area contributed by atoms with Crippen molar-refractivity contribution in [2.45, 2.75) is 38.3 Å². The zero-order chi connectivity index (χ0) is 22.7. The third kappa shape index (κ3) is 5.25. The molecule has 1 unspecified atom stereocenters. The summed E-state index contributed by atoms with van der Waals surface area (Å²) in [7, 11) is 0. The number of nitrogens with one attached hydrogen (secondary N) is 2. The van der Waals surface area contributed by atoms with Gasteiger partial charge in [0.1, 0.15) is 0 Å². The number of carbonyl (C=O) groups excluding carboxylic acids is 1. The molecule has 2 amide bonds. The van der Waals surface area contributed by atoms with Gasteiger partial charge in [-0.25, -0.2) is 19.7 Å². The summed E-state index contributed by atoms with van der Waals surface area (Å²) in [6.07, 6.45) is 4.41. The van der Waals surface area contributed by atoms with E-state index in [0.29, 0.717) is 17.6 Å². The molecule has 4 N–H and O–H groups in total. The van der Waals surface area contributed by atoms with E-state index in [-0.39, 0.29) is 17.5 Å². The Labute approximate surface area is 199 Å². The molecule has 32 heavy (non-hydrogen) atoms. The first kappa shape index (κ1) is 22.6. The van der Waals surface area contributed by atoms with Crippen LogP contribution in [0.3, 0.4) is 0 Å². The number of carbonyl (C=O) groups is 1. The maximum Gasteiger partial charge on any atom is 0.321 e. The molecule has 0 aliphatic carbocycles. The Kier molecular flexibility index (Phi) is 6.73. The SMILES string of the molecule is CC(C)(c1ccc(Br)cc1)c1csc(NC(=O)NCc2cnc(N3CCC(N)C3)nc2)n1. The van der Waals surface area contributed by atoms with Crippen LogP contribution in [-0.2, 0) is 12.0 Å². The average Bonchev–Trinajstić information content (AvgIpc) is 3.42. The number of nitrogens with two attached hydrogens (primary N) is 1. The zero-order valence-corrected chi connectivity index (χ0v) is 20.4. The van der Waals surface area contributed by atoms with E-state index in [1.165, 1.54) is 11.3 Å². The van der Waals surface area contributed by atoms with Crippen molar-refractivity contribution in [2.24, 2.45) is 5.73 Å². The number of urea groups is 1. The molecule has 2 aromatic heterocycles. The van der Waals surface area contributed by atoms with Crippen LogP contribution in [0, 0.1) is 0 Å². The van der Waals surface area contributed by atoms with Gasteiger partial charge in [0.2, 0.25) is 5.95 Å². The van der Waals surface area contributed by atoms with Crippen LogP contribution in [-0.4, -0.2) is 40.1 Å². The van der Waals surface area contributed by atoms with Crippen molar-refractivity contribution in [1.82, 2.24) is 20.3 Å². The lowest BCUT2D eigenvalue weighted by molar-refractivity contribution is 0.251. The quantitative estimate of drug-likeness (QED) is 0.459. The largest absolute Gasteiger partial charge is 0.339 e. The number of anilines is 2. The van der Waals surface area contributed by atoms with Crippen molar-refractivity contribution in [1.29, 1.82) is 0 Å². The van der Waals surface area contributed by atoms with E-state index < -0.39 is 0 Å². The topological polar surface area (TPSA) is 109 Å². The molecule has 0 saturated carbocycles. The van der Waals surface area contributed by atoms with Gasteiger partial charge in [-0.2, -0.15) is 0 Å². The van der Waals surface area contributed by atoms with Gasteiger partial charge in [-0.15, -0.1) is 11.3 Å². The summed E-state index contributed by atoms with van der Waals surface area (Å²) in [6.45, 7) is 6.21. The predicted octanol–water partition coefficient (Wildman–Crippen LogP) is 3.88. The standard InChI is InChI=1S/C22H26BrN7OS/c1-22(2,15-3-5-16(23)6-4-15)18-13-32-21(28-18)29-20(31)27-11-14-9-25-19(26-10-14)30-8-7-17(24)12-30/h3-6,9-10,13,17H,7-8,11-12,24H2,1-2H3,(H2,27,28,29,31). The number of nitrogens with zero attached hydrogens (tertiary/aromatic N) is 4. The minimum Gasteiger partial charge on any atom is -0.339 e. The Hall–Kier alpha value is -2.56. The maximum absolute atomic E-state index is 12.3. The van der Waals surface area contributed by atoms with E-state index in [2.05, 4.69) is 72.4 Å². The lowest BCUT2D eigenvalue weighted by atomic mass is 9.82. The fraction of sp³-hybridized carbons (Fsp3) is 0.364. The number of aromatic nitrogens is 3. The minimum absolute atomic E-state index is 0.176. The van der Waals surface area contributed by atoms with Gasteiger partial charge in [0.15, 0.2) is 5.13 Å². The van der Waals surface area contributed by atoms with Gasteiger partial charge in [0, 0.05) is 58.9 Å². The highest BCUT2D eigenvalue weighted by molar-refractivity contribution is 9.10. The van der Waals surface area contributed by atoms with E-state index in [0.717, 1.165) is 40.8 Å².